The summed E-state index contributed by atoms with van der Waals surface area (Å²) in [7, 11) is -3.08. The number of hydrogen-bond acceptors (Lipinski definition) is 3. The van der Waals surface area contributed by atoms with Crippen LogP contribution >= 0.6 is 7.14 Å². The van der Waals surface area contributed by atoms with Crippen molar-refractivity contribution in [1.82, 2.24) is 0 Å². The lowest BCUT2D eigenvalue weighted by molar-refractivity contribution is -0.167. The Bertz CT molecular complexity index is 606. The molecule has 0 bridgehead atoms. The van der Waals surface area contributed by atoms with Gasteiger partial charge in [0.2, 0.25) is 0 Å². The Labute approximate surface area is 112 Å². The van der Waals surface area contributed by atoms with Gasteiger partial charge in [-0.1, -0.05) is 0 Å². The second kappa shape index (κ2) is 5.28. The van der Waals surface area contributed by atoms with Crippen LogP contribution in [0.5, 0.6) is 0 Å². The van der Waals surface area contributed by atoms with Crippen LogP contribution in [0, 0.1) is 0 Å². The number of aromatic carboxylic acids is 1. The highest BCUT2D eigenvalue weighted by Crippen LogP contribution is 2.38. The van der Waals surface area contributed by atoms with Gasteiger partial charge in [0.1, 0.15) is 7.14 Å². The number of nitrogens with one attached hydrogen (secondary N) is 1. The van der Waals surface area contributed by atoms with Crippen LogP contribution < -0.4 is 10.6 Å². The Morgan fingerprint density at radius 2 is 1.80 bits per heavy atom. The molecule has 0 spiro atoms. The van der Waals surface area contributed by atoms with Gasteiger partial charge in [0, 0.05) is 5.30 Å². The number of benzene rings is 1. The van der Waals surface area contributed by atoms with Crippen LogP contribution in [0.3, 0.4) is 0 Å². The molecule has 0 saturated heterocycles. The number of anilines is 1. The third kappa shape index (κ3) is 3.84. The summed E-state index contributed by atoms with van der Waals surface area (Å²) in [6, 6.07) is 3.00. The molecule has 1 rings (SSSR count). The second-order valence-electron chi connectivity index (χ2n) is 4.34. The third-order valence-electron chi connectivity index (χ3n) is 2.33. The largest absolute Gasteiger partial charge is 0.478 e. The zero-order chi connectivity index (χ0) is 15.7. The first-order valence-corrected chi connectivity index (χ1v) is 7.84. The molecule has 5 nitrogen and oxygen atoms in total. The van der Waals surface area contributed by atoms with Crippen LogP contribution in [-0.4, -0.2) is 36.5 Å². The summed E-state index contributed by atoms with van der Waals surface area (Å²) in [5, 5.41) is 10.3. The van der Waals surface area contributed by atoms with Crippen molar-refractivity contribution in [1.29, 1.82) is 0 Å². The summed E-state index contributed by atoms with van der Waals surface area (Å²) in [5.41, 5.74) is -0.542. The van der Waals surface area contributed by atoms with Crippen molar-refractivity contribution in [3.63, 3.8) is 0 Å². The van der Waals surface area contributed by atoms with Crippen molar-refractivity contribution in [2.45, 2.75) is 6.18 Å². The molecule has 0 atom stereocenters. The number of carboxylic acid groups (broad SMARTS) is 1. The van der Waals surface area contributed by atoms with Gasteiger partial charge in [-0.3, -0.25) is 4.79 Å². The van der Waals surface area contributed by atoms with E-state index in [0.29, 0.717) is 0 Å². The minimum atomic E-state index is -5.09. The number of halogens is 3. The smallest absolute Gasteiger partial charge is 0.471 e. The Kier molecular flexibility index (Phi) is 4.29. The molecule has 0 aromatic heterocycles. The van der Waals surface area contributed by atoms with Crippen LogP contribution in [0.2, 0.25) is 0 Å². The maximum absolute atomic E-state index is 12.2. The Balaban J connectivity index is 3.30. The van der Waals surface area contributed by atoms with Crippen molar-refractivity contribution in [3.05, 3.63) is 23.8 Å². The fourth-order valence-electron chi connectivity index (χ4n) is 1.41. The van der Waals surface area contributed by atoms with Crippen LogP contribution in [0.15, 0.2) is 18.2 Å². The molecule has 0 aliphatic rings. The van der Waals surface area contributed by atoms with E-state index in [2.05, 4.69) is 0 Å². The van der Waals surface area contributed by atoms with E-state index in [-0.39, 0.29) is 16.6 Å². The van der Waals surface area contributed by atoms with E-state index in [0.717, 1.165) is 18.2 Å². The van der Waals surface area contributed by atoms with E-state index in [1.54, 1.807) is 5.32 Å². The Morgan fingerprint density at radius 3 is 2.20 bits per heavy atom. The molecule has 0 unspecified atom stereocenters. The quantitative estimate of drug-likeness (QED) is 0.838. The van der Waals surface area contributed by atoms with E-state index in [1.165, 1.54) is 13.3 Å². The number of hydrogen-bond donors (Lipinski definition) is 2. The van der Waals surface area contributed by atoms with E-state index < -0.39 is 25.2 Å². The topological polar surface area (TPSA) is 83.5 Å². The SMILES string of the molecule is CP(C)(=O)c1cc(C(=O)O)ccc1NC(=O)C(F)(F)F. The van der Waals surface area contributed by atoms with Gasteiger partial charge in [-0.15, -0.1) is 0 Å². The van der Waals surface area contributed by atoms with Gasteiger partial charge < -0.3 is 15.0 Å². The number of carboxylic acids is 1. The molecule has 2 N–H and O–H groups in total. The number of alkyl halides is 3. The first-order valence-electron chi connectivity index (χ1n) is 5.24. The molecule has 0 fully saturated rings. The zero-order valence-corrected chi connectivity index (χ0v) is 11.4. The molecule has 0 aliphatic heterocycles. The standard InChI is InChI=1S/C11H11F3NO4P/c1-20(2,19)8-5-6(9(16)17)3-4-7(8)15-10(18)11(12,13)14/h3-5H,1-2H3,(H,15,18)(H,16,17). The normalized spacial score (nSPS) is 12.1. The van der Waals surface area contributed by atoms with Crippen molar-refractivity contribution in [2.75, 3.05) is 18.6 Å². The van der Waals surface area contributed by atoms with Crippen molar-refractivity contribution in [3.8, 4) is 0 Å². The highest BCUT2D eigenvalue weighted by Gasteiger charge is 2.39. The molecule has 0 heterocycles. The van der Waals surface area contributed by atoms with Gasteiger partial charge in [0.05, 0.1) is 11.3 Å². The first-order chi connectivity index (χ1) is 8.93. The molecule has 0 aliphatic carbocycles. The second-order valence-corrected chi connectivity index (χ2v) is 7.52. The third-order valence-corrected chi connectivity index (χ3v) is 3.86. The number of rotatable bonds is 3. The molecule has 20 heavy (non-hydrogen) atoms. The highest BCUT2D eigenvalue weighted by molar-refractivity contribution is 7.70. The number of carbonyl (C=O) groups excluding carboxylic acids is 1. The lowest BCUT2D eigenvalue weighted by atomic mass is 10.2. The maximum atomic E-state index is 12.2. The fourth-order valence-corrected chi connectivity index (χ4v) is 2.57. The molecule has 1 amide bonds. The van der Waals surface area contributed by atoms with E-state index in [1.807, 2.05) is 0 Å². The van der Waals surface area contributed by atoms with Crippen LogP contribution in [0.1, 0.15) is 10.4 Å². The molecular formula is C11H11F3NO4P. The van der Waals surface area contributed by atoms with E-state index >= 15 is 0 Å². The monoisotopic (exact) mass is 309 g/mol. The number of amides is 1. The van der Waals surface area contributed by atoms with E-state index in [4.69, 9.17) is 5.11 Å². The molecule has 110 valence electrons. The van der Waals surface area contributed by atoms with Crippen molar-refractivity contribution in [2.24, 2.45) is 0 Å². The molecule has 1 aromatic carbocycles. The fraction of sp³-hybridized carbons (Fsp3) is 0.273. The predicted octanol–water partition coefficient (Wildman–Crippen LogP) is 2.13. The lowest BCUT2D eigenvalue weighted by Crippen LogP contribution is -2.32. The van der Waals surface area contributed by atoms with Gasteiger partial charge in [0.25, 0.3) is 0 Å². The summed E-state index contributed by atoms with van der Waals surface area (Å²) in [6.45, 7) is 2.52. The van der Waals surface area contributed by atoms with Gasteiger partial charge in [-0.25, -0.2) is 4.79 Å². The van der Waals surface area contributed by atoms with Crippen molar-refractivity contribution >= 4 is 30.0 Å². The van der Waals surface area contributed by atoms with Crippen LogP contribution in [-0.2, 0) is 9.36 Å². The van der Waals surface area contributed by atoms with E-state index in [9.17, 15) is 27.3 Å². The number of carbonyl (C=O) groups is 2. The minimum Gasteiger partial charge on any atom is -0.478 e. The minimum absolute atomic E-state index is 0.130. The summed E-state index contributed by atoms with van der Waals surface area (Å²) in [6.07, 6.45) is -5.09. The maximum Gasteiger partial charge on any atom is 0.471 e. The summed E-state index contributed by atoms with van der Waals surface area (Å²) < 4.78 is 48.6. The van der Waals surface area contributed by atoms with Gasteiger partial charge in [-0.2, -0.15) is 13.2 Å². The van der Waals surface area contributed by atoms with Crippen LogP contribution in [0.25, 0.3) is 0 Å². The average Bonchev–Trinajstić information content (AvgIpc) is 2.26. The molecule has 1 aromatic rings. The summed E-state index contributed by atoms with van der Waals surface area (Å²) in [5.74, 6) is -3.52. The Hall–Kier alpha value is -1.82. The van der Waals surface area contributed by atoms with Crippen molar-refractivity contribution < 1.29 is 32.4 Å². The predicted molar refractivity (Wildman–Crippen MR) is 67.2 cm³/mol. The molecule has 0 radical (unpaired) electrons. The molecule has 9 heteroatoms. The summed E-state index contributed by atoms with van der Waals surface area (Å²) >= 11 is 0. The zero-order valence-electron chi connectivity index (χ0n) is 10.5. The molecular weight excluding hydrogens is 298 g/mol. The summed E-state index contributed by atoms with van der Waals surface area (Å²) in [4.78, 5) is 21.7. The first kappa shape index (κ1) is 16.2. The van der Waals surface area contributed by atoms with Gasteiger partial charge >= 0.3 is 18.1 Å². The van der Waals surface area contributed by atoms with Gasteiger partial charge in [0.15, 0.2) is 0 Å². The van der Waals surface area contributed by atoms with Gasteiger partial charge in [-0.05, 0) is 31.5 Å². The highest BCUT2D eigenvalue weighted by atomic mass is 31.2. The average molecular weight is 309 g/mol. The Morgan fingerprint density at radius 1 is 1.25 bits per heavy atom. The molecule has 0 saturated carbocycles. The van der Waals surface area contributed by atoms with Crippen LogP contribution in [0.4, 0.5) is 18.9 Å². The lowest BCUT2D eigenvalue weighted by Gasteiger charge is -2.16.